The summed E-state index contributed by atoms with van der Waals surface area (Å²) in [5, 5.41) is 0. The van der Waals surface area contributed by atoms with E-state index in [0.29, 0.717) is 12.2 Å². The number of hydrogen-bond donors (Lipinski definition) is 1. The molecular formula is C6H7NO2S. The van der Waals surface area contributed by atoms with Crippen LogP contribution in [0.5, 0.6) is 0 Å². The Morgan fingerprint density at radius 3 is 3.00 bits per heavy atom. The molecule has 10 heavy (non-hydrogen) atoms. The van der Waals surface area contributed by atoms with E-state index < -0.39 is 0 Å². The van der Waals surface area contributed by atoms with Crippen LogP contribution < -0.4 is 5.56 Å². The molecule has 0 spiro atoms. The maximum atomic E-state index is 10.7. The van der Waals surface area contributed by atoms with Crippen LogP contribution >= 0.6 is 12.2 Å². The Balaban J connectivity index is 3.33. The van der Waals surface area contributed by atoms with Gasteiger partial charge in [-0.3, -0.25) is 9.78 Å². The van der Waals surface area contributed by atoms with Crippen molar-refractivity contribution in [3.05, 3.63) is 27.0 Å². The highest BCUT2D eigenvalue weighted by atomic mass is 32.1. The number of aromatic nitrogens is 1. The second-order valence-electron chi connectivity index (χ2n) is 1.84. The van der Waals surface area contributed by atoms with Crippen molar-refractivity contribution in [2.24, 2.45) is 0 Å². The normalized spacial score (nSPS) is 9.70. The van der Waals surface area contributed by atoms with E-state index in [1.54, 1.807) is 0 Å². The molecule has 0 aliphatic rings. The van der Waals surface area contributed by atoms with E-state index in [1.807, 2.05) is 6.92 Å². The summed E-state index contributed by atoms with van der Waals surface area (Å²) >= 11 is 4.63. The summed E-state index contributed by atoms with van der Waals surface area (Å²) in [6.45, 7) is 1.90. The van der Waals surface area contributed by atoms with Gasteiger partial charge in [-0.1, -0.05) is 6.92 Å². The Morgan fingerprint density at radius 1 is 1.80 bits per heavy atom. The predicted octanol–water partition coefficient (Wildman–Crippen LogP) is 1.26. The van der Waals surface area contributed by atoms with Crippen LogP contribution in [0.2, 0.25) is 0 Å². The molecule has 0 amide bonds. The lowest BCUT2D eigenvalue weighted by atomic mass is 10.4. The molecule has 0 fully saturated rings. The molecule has 0 saturated heterocycles. The van der Waals surface area contributed by atoms with E-state index in [2.05, 4.69) is 17.2 Å². The maximum Gasteiger partial charge on any atom is 0.268 e. The van der Waals surface area contributed by atoms with Crippen LogP contribution in [0.25, 0.3) is 0 Å². The first kappa shape index (κ1) is 7.21. The molecular weight excluding hydrogens is 150 g/mol. The summed E-state index contributed by atoms with van der Waals surface area (Å²) in [7, 11) is 0. The van der Waals surface area contributed by atoms with E-state index in [1.165, 1.54) is 6.07 Å². The Labute approximate surface area is 62.7 Å². The van der Waals surface area contributed by atoms with Crippen molar-refractivity contribution in [2.75, 3.05) is 0 Å². The highest BCUT2D eigenvalue weighted by Crippen LogP contribution is 1.93. The summed E-state index contributed by atoms with van der Waals surface area (Å²) < 4.78 is 4.97. The lowest BCUT2D eigenvalue weighted by molar-refractivity contribution is 0.460. The zero-order valence-electron chi connectivity index (χ0n) is 5.51. The molecule has 1 heterocycles. The predicted molar refractivity (Wildman–Crippen MR) is 39.5 cm³/mol. The maximum absolute atomic E-state index is 10.7. The molecule has 0 radical (unpaired) electrons. The third-order valence-corrected chi connectivity index (χ3v) is 1.27. The van der Waals surface area contributed by atoms with Gasteiger partial charge in [-0.2, -0.15) is 0 Å². The molecule has 0 atom stereocenters. The van der Waals surface area contributed by atoms with E-state index in [4.69, 9.17) is 4.42 Å². The second kappa shape index (κ2) is 2.79. The lowest BCUT2D eigenvalue weighted by Gasteiger charge is -1.90. The standard InChI is InChI=1S/C6H7NO2S/c1-2-4-3-5(8)7-6(10)9-4/h3H,2H2,1H3,(H,7,8,10). The van der Waals surface area contributed by atoms with Gasteiger partial charge in [0.2, 0.25) is 0 Å². The third-order valence-electron chi connectivity index (χ3n) is 1.09. The van der Waals surface area contributed by atoms with Crippen LogP contribution in [0, 0.1) is 4.84 Å². The summed E-state index contributed by atoms with van der Waals surface area (Å²) in [6.07, 6.45) is 0.688. The van der Waals surface area contributed by atoms with Crippen molar-refractivity contribution in [3.63, 3.8) is 0 Å². The number of H-pyrrole nitrogens is 1. The van der Waals surface area contributed by atoms with Gasteiger partial charge >= 0.3 is 0 Å². The SMILES string of the molecule is CCc1cc(=O)[nH]c(=S)o1. The third kappa shape index (κ3) is 1.54. The van der Waals surface area contributed by atoms with E-state index in [0.717, 1.165) is 0 Å². The lowest BCUT2D eigenvalue weighted by Crippen LogP contribution is -2.04. The number of rotatable bonds is 1. The summed E-state index contributed by atoms with van der Waals surface area (Å²) in [5.41, 5.74) is -0.201. The molecule has 0 bridgehead atoms. The molecule has 0 aliphatic carbocycles. The van der Waals surface area contributed by atoms with Gasteiger partial charge in [-0.25, -0.2) is 0 Å². The molecule has 3 nitrogen and oxygen atoms in total. The Kier molecular flexibility index (Phi) is 2.01. The van der Waals surface area contributed by atoms with Crippen molar-refractivity contribution in [1.29, 1.82) is 0 Å². The van der Waals surface area contributed by atoms with Crippen LogP contribution in [0.3, 0.4) is 0 Å². The van der Waals surface area contributed by atoms with E-state index in [9.17, 15) is 4.79 Å². The highest BCUT2D eigenvalue weighted by molar-refractivity contribution is 7.71. The minimum atomic E-state index is -0.201. The zero-order valence-corrected chi connectivity index (χ0v) is 6.33. The van der Waals surface area contributed by atoms with Crippen LogP contribution in [0.4, 0.5) is 0 Å². The Morgan fingerprint density at radius 2 is 2.50 bits per heavy atom. The molecule has 0 saturated carbocycles. The second-order valence-corrected chi connectivity index (χ2v) is 2.21. The first-order valence-corrected chi connectivity index (χ1v) is 3.36. The molecule has 1 rings (SSSR count). The highest BCUT2D eigenvalue weighted by Gasteiger charge is 1.91. The molecule has 54 valence electrons. The summed E-state index contributed by atoms with van der Waals surface area (Å²) in [4.78, 5) is 13.2. The van der Waals surface area contributed by atoms with E-state index >= 15 is 0 Å². The summed E-state index contributed by atoms with van der Waals surface area (Å²) in [5.74, 6) is 0.619. The van der Waals surface area contributed by atoms with Gasteiger partial charge in [-0.15, -0.1) is 0 Å². The largest absolute Gasteiger partial charge is 0.436 e. The topological polar surface area (TPSA) is 46.0 Å². The molecule has 4 heteroatoms. The number of aryl methyl sites for hydroxylation is 1. The van der Waals surface area contributed by atoms with Crippen molar-refractivity contribution in [1.82, 2.24) is 4.98 Å². The fourth-order valence-electron chi connectivity index (χ4n) is 0.631. The summed E-state index contributed by atoms with van der Waals surface area (Å²) in [6, 6.07) is 1.40. The fraction of sp³-hybridized carbons (Fsp3) is 0.333. The Hall–Kier alpha value is -0.900. The van der Waals surface area contributed by atoms with Crippen LogP contribution in [-0.4, -0.2) is 4.98 Å². The zero-order chi connectivity index (χ0) is 7.56. The molecule has 0 aromatic carbocycles. The van der Waals surface area contributed by atoms with Gasteiger partial charge in [-0.05, 0) is 12.2 Å². The van der Waals surface area contributed by atoms with Gasteiger partial charge in [0.25, 0.3) is 10.4 Å². The van der Waals surface area contributed by atoms with Gasteiger partial charge in [0.05, 0.1) is 0 Å². The minimum absolute atomic E-state index is 0.143. The Bertz CT molecular complexity index is 297. The van der Waals surface area contributed by atoms with E-state index in [-0.39, 0.29) is 10.4 Å². The molecule has 1 N–H and O–H groups in total. The average molecular weight is 157 g/mol. The number of nitrogens with one attached hydrogen (secondary N) is 1. The van der Waals surface area contributed by atoms with Gasteiger partial charge in [0.15, 0.2) is 0 Å². The van der Waals surface area contributed by atoms with Gasteiger partial charge in [0, 0.05) is 12.5 Å². The van der Waals surface area contributed by atoms with Gasteiger partial charge in [0.1, 0.15) is 5.76 Å². The fourth-order valence-corrected chi connectivity index (χ4v) is 0.839. The smallest absolute Gasteiger partial charge is 0.268 e. The average Bonchev–Trinajstić information content (AvgIpc) is 1.85. The number of hydrogen-bond acceptors (Lipinski definition) is 3. The minimum Gasteiger partial charge on any atom is -0.436 e. The monoisotopic (exact) mass is 157 g/mol. The van der Waals surface area contributed by atoms with Crippen LogP contribution in [-0.2, 0) is 6.42 Å². The van der Waals surface area contributed by atoms with Gasteiger partial charge < -0.3 is 4.42 Å². The first-order valence-electron chi connectivity index (χ1n) is 2.95. The van der Waals surface area contributed by atoms with Crippen molar-refractivity contribution in [2.45, 2.75) is 13.3 Å². The van der Waals surface area contributed by atoms with Crippen molar-refractivity contribution >= 4 is 12.2 Å². The van der Waals surface area contributed by atoms with Crippen LogP contribution in [0.1, 0.15) is 12.7 Å². The quantitative estimate of drug-likeness (QED) is 0.624. The molecule has 0 aliphatic heterocycles. The first-order chi connectivity index (χ1) is 4.72. The number of aromatic amines is 1. The van der Waals surface area contributed by atoms with Crippen LogP contribution in [0.15, 0.2) is 15.3 Å². The molecule has 0 unspecified atom stereocenters. The van der Waals surface area contributed by atoms with Crippen molar-refractivity contribution < 1.29 is 4.42 Å². The van der Waals surface area contributed by atoms with Crippen molar-refractivity contribution in [3.8, 4) is 0 Å². The molecule has 1 aromatic heterocycles. The molecule has 1 aromatic rings.